The molecule has 574 valence electrons. The molecule has 3 N–H and O–H groups in total. The molecule has 0 radical (unpaired) electrons. The number of benzene rings is 19. The minimum absolute atomic E-state index is 0.768. The number of para-hydroxylation sites is 8. The quantitative estimate of drug-likeness (QED) is 0.160. The highest BCUT2D eigenvalue weighted by Crippen LogP contribution is 2.54. The van der Waals surface area contributed by atoms with E-state index in [-0.39, 0.29) is 0 Å². The summed E-state index contributed by atoms with van der Waals surface area (Å²) in [5.74, 6) is 5.41. The largest absolute Gasteiger partial charge is 0.456 e. The Kier molecular flexibility index (Phi) is 17.1. The molecule has 0 atom stereocenters. The van der Waals surface area contributed by atoms with Crippen LogP contribution in [-0.2, 0) is 0 Å². The van der Waals surface area contributed by atoms with Crippen molar-refractivity contribution in [1.82, 2.24) is 0 Å². The van der Waals surface area contributed by atoms with Gasteiger partial charge in [-0.15, -0.1) is 0 Å². The zero-order valence-electron chi connectivity index (χ0n) is 64.3. The van der Waals surface area contributed by atoms with Crippen LogP contribution in [0.3, 0.4) is 0 Å². The van der Waals surface area contributed by atoms with Crippen LogP contribution in [0.2, 0.25) is 0 Å². The number of anilines is 6. The molecule has 0 amide bonds. The number of ether oxygens (including phenoxy) is 3. The first-order valence-electron chi connectivity index (χ1n) is 39.9. The molecule has 5 aromatic heterocycles. The van der Waals surface area contributed by atoms with Crippen LogP contribution >= 0.6 is 31.9 Å². The Morgan fingerprint density at radius 1 is 0.231 bits per heavy atom. The number of hydrogen-bond acceptors (Lipinski definition) is 11. The van der Waals surface area contributed by atoms with Gasteiger partial charge in [-0.05, 0) is 193 Å². The van der Waals surface area contributed by atoms with Crippen molar-refractivity contribution < 1.29 is 36.3 Å². The summed E-state index contributed by atoms with van der Waals surface area (Å²) in [7, 11) is 0. The molecular weight excluding hydrogens is 1630 g/mol. The standard InChI is InChI=1S/C40H23NO3.C28H17NO2.C16H9BrO.C12H7BrO.C12H9NO/c1-4-12-34-26(8-1)29-18-19-33(30-11-7-15-39(44-34)40(29)30)41(24-16-20-37-31(22-24)27-9-2-5-13-35(27)42-37)25-17-21-38-32(23-25)28-10-3-6-14-36(28)43-38;1-3-9-24-18(6-1)20-13-14-23(21-8-5-11-27(31-24)28(20)21)29-17-12-15-26-22(16-17)19-7-2-4-10-25(19)30-26;17-13-9-8-11-10-4-1-2-6-14(10)18-15-7-3-5-12(13)16(11)15;2*13-8-5-6-12-10(7-8)9-3-1-2-4-11(9)14-12/h1-23H;1-16,29H;1-9H;1-7H;1-7H,13H2. The summed E-state index contributed by atoms with van der Waals surface area (Å²) in [5, 5.41) is 21.6. The van der Waals surface area contributed by atoms with E-state index in [1.807, 2.05) is 188 Å². The molecule has 11 nitrogen and oxygen atoms in total. The maximum Gasteiger partial charge on any atom is 0.135 e. The van der Waals surface area contributed by atoms with Gasteiger partial charge in [0.15, 0.2) is 0 Å². The Balaban J connectivity index is 0.0000000955. The lowest BCUT2D eigenvalue weighted by molar-refractivity contribution is 0.487. The van der Waals surface area contributed by atoms with Gasteiger partial charge in [-0.25, -0.2) is 0 Å². The van der Waals surface area contributed by atoms with Crippen molar-refractivity contribution in [2.45, 2.75) is 0 Å². The predicted molar refractivity (Wildman–Crippen MR) is 502 cm³/mol. The molecular formula is C108H65Br2N3O8. The summed E-state index contributed by atoms with van der Waals surface area (Å²) in [5.41, 5.74) is 27.7. The Bertz CT molecular complexity index is 8110. The van der Waals surface area contributed by atoms with Crippen molar-refractivity contribution in [3.05, 3.63) is 385 Å². The van der Waals surface area contributed by atoms with E-state index in [1.54, 1.807) is 0 Å². The third-order valence-electron chi connectivity index (χ3n) is 23.0. The molecule has 3 aliphatic heterocycles. The van der Waals surface area contributed by atoms with E-state index in [2.05, 4.69) is 230 Å². The highest BCUT2D eigenvalue weighted by Gasteiger charge is 2.28. The number of fused-ring (bicyclic) bond motifs is 21. The second kappa shape index (κ2) is 29.1. The molecule has 0 saturated heterocycles. The maximum absolute atomic E-state index is 6.44. The monoisotopic (exact) mass is 1690 g/mol. The zero-order valence-corrected chi connectivity index (χ0v) is 67.5. The summed E-state index contributed by atoms with van der Waals surface area (Å²) >= 11 is 7.06. The maximum atomic E-state index is 6.44. The van der Waals surface area contributed by atoms with Crippen molar-refractivity contribution in [3.63, 3.8) is 0 Å². The van der Waals surface area contributed by atoms with Gasteiger partial charge in [0.1, 0.15) is 90.3 Å². The molecule has 0 unspecified atom stereocenters. The molecule has 121 heavy (non-hydrogen) atoms. The molecule has 27 rings (SSSR count). The number of rotatable bonds is 5. The highest BCUT2D eigenvalue weighted by molar-refractivity contribution is 9.11. The van der Waals surface area contributed by atoms with E-state index in [4.69, 9.17) is 42.0 Å². The molecule has 24 aromatic rings. The first kappa shape index (κ1) is 71.1. The van der Waals surface area contributed by atoms with E-state index in [9.17, 15) is 0 Å². The van der Waals surface area contributed by atoms with Crippen molar-refractivity contribution in [1.29, 1.82) is 0 Å². The fourth-order valence-electron chi connectivity index (χ4n) is 17.5. The summed E-state index contributed by atoms with van der Waals surface area (Å²) in [4.78, 5) is 2.34. The van der Waals surface area contributed by atoms with E-state index >= 15 is 0 Å². The topological polar surface area (TPSA) is 135 Å². The smallest absolute Gasteiger partial charge is 0.135 e. The molecule has 8 heterocycles. The highest BCUT2D eigenvalue weighted by atomic mass is 79.9. The van der Waals surface area contributed by atoms with Crippen molar-refractivity contribution in [2.24, 2.45) is 0 Å². The number of nitrogens with two attached hydrogens (primary N) is 1. The van der Waals surface area contributed by atoms with Gasteiger partial charge >= 0.3 is 0 Å². The van der Waals surface area contributed by atoms with Crippen LogP contribution in [0.15, 0.2) is 407 Å². The third-order valence-corrected chi connectivity index (χ3v) is 24.2. The van der Waals surface area contributed by atoms with Gasteiger partial charge in [0, 0.05) is 140 Å². The summed E-state index contributed by atoms with van der Waals surface area (Å²) in [6, 6.07) is 128. The summed E-state index contributed by atoms with van der Waals surface area (Å²) in [6.45, 7) is 0. The second-order valence-electron chi connectivity index (χ2n) is 30.1. The fourth-order valence-corrected chi connectivity index (χ4v) is 18.3. The van der Waals surface area contributed by atoms with Gasteiger partial charge in [0.25, 0.3) is 0 Å². The van der Waals surface area contributed by atoms with Gasteiger partial charge in [-0.2, -0.15) is 0 Å². The van der Waals surface area contributed by atoms with Gasteiger partial charge in [-0.1, -0.05) is 232 Å². The molecule has 13 heteroatoms. The molecule has 0 aliphatic carbocycles. The van der Waals surface area contributed by atoms with Crippen LogP contribution in [-0.4, -0.2) is 0 Å². The fraction of sp³-hybridized carbons (Fsp3) is 0. The molecule has 19 aromatic carbocycles. The number of nitrogens with one attached hydrogen (secondary N) is 1. The number of nitrogen functional groups attached to an aromatic ring is 1. The van der Waals surface area contributed by atoms with Gasteiger partial charge in [0.2, 0.25) is 0 Å². The van der Waals surface area contributed by atoms with Crippen LogP contribution in [0.25, 0.3) is 175 Å². The number of furan rings is 5. The van der Waals surface area contributed by atoms with Crippen LogP contribution in [0, 0.1) is 0 Å². The van der Waals surface area contributed by atoms with E-state index < -0.39 is 0 Å². The zero-order chi connectivity index (χ0) is 80.3. The van der Waals surface area contributed by atoms with Gasteiger partial charge in [-0.3, -0.25) is 0 Å². The van der Waals surface area contributed by atoms with E-state index in [0.29, 0.717) is 0 Å². The lowest BCUT2D eigenvalue weighted by Crippen LogP contribution is -2.11. The molecule has 0 saturated carbocycles. The van der Waals surface area contributed by atoms with Crippen LogP contribution in [0.5, 0.6) is 34.5 Å². The Morgan fingerprint density at radius 2 is 0.570 bits per heavy atom. The number of halogens is 2. The minimum atomic E-state index is 0.768. The first-order chi connectivity index (χ1) is 59.7. The minimum Gasteiger partial charge on any atom is -0.456 e. The summed E-state index contributed by atoms with van der Waals surface area (Å²) < 4.78 is 50.5. The lowest BCUT2D eigenvalue weighted by atomic mass is 9.93. The Morgan fingerprint density at radius 3 is 1.06 bits per heavy atom. The molecule has 0 bridgehead atoms. The Hall–Kier alpha value is -15.3. The lowest BCUT2D eigenvalue weighted by Gasteiger charge is -2.29. The molecule has 0 fully saturated rings. The average Bonchev–Trinajstić information content (AvgIpc) is 1.67. The van der Waals surface area contributed by atoms with Crippen LogP contribution < -0.4 is 30.2 Å². The molecule has 0 spiro atoms. The molecule has 3 aliphatic rings. The van der Waals surface area contributed by atoms with Crippen molar-refractivity contribution in [2.75, 3.05) is 16.0 Å². The third kappa shape index (κ3) is 12.4. The normalized spacial score (nSPS) is 12.0. The predicted octanol–water partition coefficient (Wildman–Crippen LogP) is 33.0. The van der Waals surface area contributed by atoms with Crippen molar-refractivity contribution >= 4 is 208 Å². The van der Waals surface area contributed by atoms with Crippen molar-refractivity contribution in [3.8, 4) is 67.9 Å². The Labute approximate surface area is 708 Å². The van der Waals surface area contributed by atoms with Gasteiger partial charge in [0.05, 0.1) is 5.69 Å². The second-order valence-corrected chi connectivity index (χ2v) is 31.9. The summed E-state index contributed by atoms with van der Waals surface area (Å²) in [6.07, 6.45) is 0. The average molecular weight is 1690 g/mol. The van der Waals surface area contributed by atoms with Crippen LogP contribution in [0.1, 0.15) is 0 Å². The first-order valence-corrected chi connectivity index (χ1v) is 41.5. The SMILES string of the molecule is Brc1ccc2c3c(cccc13)Oc1ccccc1-2.Brc1ccc2oc3ccccc3c2c1.Nc1ccc2oc3ccccc3c2c1.c1ccc2c(c1)Oc1cccc3c(N(c4ccc5oc6ccccc6c5c4)c4ccc5oc6ccccc6c5c4)ccc-2c13.c1ccc2c(c1)Oc1cccc3c(Nc4ccc5oc6ccccc6c5c4)ccc-2c13. The van der Waals surface area contributed by atoms with E-state index in [1.165, 1.54) is 32.8 Å². The number of hydrogen-bond donors (Lipinski definition) is 2. The van der Waals surface area contributed by atoms with Gasteiger partial charge < -0.3 is 52.2 Å². The number of nitrogens with zero attached hydrogens (tertiary/aromatic N) is 1. The van der Waals surface area contributed by atoms with Crippen LogP contribution in [0.4, 0.5) is 34.1 Å². The van der Waals surface area contributed by atoms with E-state index in [0.717, 1.165) is 220 Å².